The van der Waals surface area contributed by atoms with Crippen molar-refractivity contribution in [2.24, 2.45) is 7.05 Å². The van der Waals surface area contributed by atoms with Crippen LogP contribution in [0.5, 0.6) is 0 Å². The molecule has 90 valence electrons. The van der Waals surface area contributed by atoms with E-state index in [1.165, 1.54) is 5.56 Å². The van der Waals surface area contributed by atoms with Gasteiger partial charge in [0.25, 0.3) is 0 Å². The molecule has 5 heteroatoms. The molecule has 0 bridgehead atoms. The van der Waals surface area contributed by atoms with Gasteiger partial charge < -0.3 is 9.88 Å². The van der Waals surface area contributed by atoms with Crippen molar-refractivity contribution in [1.29, 1.82) is 0 Å². The van der Waals surface area contributed by atoms with E-state index in [4.69, 9.17) is 0 Å². The summed E-state index contributed by atoms with van der Waals surface area (Å²) in [7, 11) is 1.94. The molecular formula is C12H15BrN4. The van der Waals surface area contributed by atoms with Gasteiger partial charge in [0.15, 0.2) is 0 Å². The Bertz CT molecular complexity index is 495. The molecule has 2 rings (SSSR count). The van der Waals surface area contributed by atoms with Gasteiger partial charge in [-0.2, -0.15) is 0 Å². The Balaban J connectivity index is 2.01. The molecular weight excluding hydrogens is 280 g/mol. The van der Waals surface area contributed by atoms with E-state index in [0.717, 1.165) is 10.3 Å². The quantitative estimate of drug-likeness (QED) is 0.942. The number of nitrogens with one attached hydrogen (secondary N) is 1. The molecule has 0 amide bonds. The monoisotopic (exact) mass is 294 g/mol. The first-order valence-corrected chi connectivity index (χ1v) is 6.28. The number of rotatable bonds is 4. The lowest BCUT2D eigenvalue weighted by Crippen LogP contribution is -2.20. The van der Waals surface area contributed by atoms with Crippen LogP contribution in [0.1, 0.15) is 24.4 Å². The smallest absolute Gasteiger partial charge is 0.146 e. The van der Waals surface area contributed by atoms with Crippen molar-refractivity contribution >= 4 is 15.9 Å². The van der Waals surface area contributed by atoms with Gasteiger partial charge in [-0.05, 0) is 18.6 Å². The molecule has 2 aromatic rings. The van der Waals surface area contributed by atoms with Crippen LogP contribution in [0.25, 0.3) is 0 Å². The fourth-order valence-corrected chi connectivity index (χ4v) is 2.28. The van der Waals surface area contributed by atoms with Crippen molar-refractivity contribution in [1.82, 2.24) is 20.1 Å². The Labute approximate surface area is 109 Å². The highest BCUT2D eigenvalue weighted by atomic mass is 79.9. The second-order valence-corrected chi connectivity index (χ2v) is 4.84. The molecule has 0 aliphatic rings. The first-order chi connectivity index (χ1) is 8.18. The van der Waals surface area contributed by atoms with Gasteiger partial charge in [-0.1, -0.05) is 34.1 Å². The van der Waals surface area contributed by atoms with E-state index < -0.39 is 0 Å². The Hall–Kier alpha value is -1.20. The molecule has 0 fully saturated rings. The molecule has 0 saturated carbocycles. The standard InChI is InChI=1S/C12H15BrN4/c1-9(10-5-3-4-6-11(10)13)14-7-12-16-15-8-17(12)2/h3-6,8-9,14H,7H2,1-2H3/t9-/m0/s1. The first kappa shape index (κ1) is 12.3. The third-order valence-corrected chi connectivity index (χ3v) is 3.47. The Morgan fingerprint density at radius 3 is 2.82 bits per heavy atom. The van der Waals surface area contributed by atoms with Gasteiger partial charge in [0.2, 0.25) is 0 Å². The lowest BCUT2D eigenvalue weighted by molar-refractivity contribution is 0.547. The van der Waals surface area contributed by atoms with Crippen molar-refractivity contribution in [3.05, 3.63) is 46.5 Å². The lowest BCUT2D eigenvalue weighted by atomic mass is 10.1. The van der Waals surface area contributed by atoms with Crippen LogP contribution in [-0.4, -0.2) is 14.8 Å². The molecule has 0 saturated heterocycles. The summed E-state index contributed by atoms with van der Waals surface area (Å²) in [5.41, 5.74) is 1.25. The second-order valence-electron chi connectivity index (χ2n) is 3.98. The Kier molecular flexibility index (Phi) is 3.91. The molecule has 0 aliphatic carbocycles. The Morgan fingerprint density at radius 1 is 1.41 bits per heavy atom. The highest BCUT2D eigenvalue weighted by Crippen LogP contribution is 2.22. The van der Waals surface area contributed by atoms with Crippen molar-refractivity contribution in [2.45, 2.75) is 19.5 Å². The topological polar surface area (TPSA) is 42.7 Å². The van der Waals surface area contributed by atoms with Crippen LogP contribution in [0.3, 0.4) is 0 Å². The first-order valence-electron chi connectivity index (χ1n) is 5.49. The number of hydrogen-bond donors (Lipinski definition) is 1. The molecule has 0 spiro atoms. The number of aromatic nitrogens is 3. The van der Waals surface area contributed by atoms with Crippen molar-refractivity contribution in [3.63, 3.8) is 0 Å². The highest BCUT2D eigenvalue weighted by molar-refractivity contribution is 9.10. The fraction of sp³-hybridized carbons (Fsp3) is 0.333. The van der Waals surface area contributed by atoms with Crippen LogP contribution < -0.4 is 5.32 Å². The van der Waals surface area contributed by atoms with Crippen LogP contribution in [0, 0.1) is 0 Å². The average molecular weight is 295 g/mol. The van der Waals surface area contributed by atoms with E-state index in [9.17, 15) is 0 Å². The van der Waals surface area contributed by atoms with Crippen molar-refractivity contribution in [3.8, 4) is 0 Å². The highest BCUT2D eigenvalue weighted by Gasteiger charge is 2.09. The van der Waals surface area contributed by atoms with E-state index in [1.54, 1.807) is 6.33 Å². The second kappa shape index (κ2) is 5.42. The summed E-state index contributed by atoms with van der Waals surface area (Å²) >= 11 is 3.56. The molecule has 4 nitrogen and oxygen atoms in total. The molecule has 0 unspecified atom stereocenters. The SMILES string of the molecule is C[C@H](NCc1nncn1C)c1ccccc1Br. The van der Waals surface area contributed by atoms with Gasteiger partial charge in [-0.25, -0.2) is 0 Å². The summed E-state index contributed by atoms with van der Waals surface area (Å²) in [6.07, 6.45) is 1.71. The van der Waals surface area contributed by atoms with E-state index in [-0.39, 0.29) is 6.04 Å². The van der Waals surface area contributed by atoms with Gasteiger partial charge in [0.05, 0.1) is 6.54 Å². The fourth-order valence-electron chi connectivity index (χ4n) is 1.65. The molecule has 1 atom stereocenters. The minimum atomic E-state index is 0.266. The number of nitrogens with zero attached hydrogens (tertiary/aromatic N) is 3. The molecule has 0 radical (unpaired) electrons. The average Bonchev–Trinajstić information content (AvgIpc) is 2.72. The van der Waals surface area contributed by atoms with E-state index >= 15 is 0 Å². The number of hydrogen-bond acceptors (Lipinski definition) is 3. The zero-order valence-corrected chi connectivity index (χ0v) is 11.5. The summed E-state index contributed by atoms with van der Waals surface area (Å²) in [6, 6.07) is 8.49. The maximum absolute atomic E-state index is 4.04. The summed E-state index contributed by atoms with van der Waals surface area (Å²) < 4.78 is 3.04. The molecule has 0 aliphatic heterocycles. The van der Waals surface area contributed by atoms with Crippen molar-refractivity contribution < 1.29 is 0 Å². The zero-order valence-electron chi connectivity index (χ0n) is 9.89. The number of aryl methyl sites for hydroxylation is 1. The van der Waals surface area contributed by atoms with Crippen LogP contribution in [0.2, 0.25) is 0 Å². The number of benzene rings is 1. The van der Waals surface area contributed by atoms with Crippen LogP contribution in [-0.2, 0) is 13.6 Å². The lowest BCUT2D eigenvalue weighted by Gasteiger charge is -2.15. The van der Waals surface area contributed by atoms with Gasteiger partial charge in [-0.15, -0.1) is 10.2 Å². The van der Waals surface area contributed by atoms with Gasteiger partial charge >= 0.3 is 0 Å². The Morgan fingerprint density at radius 2 is 2.18 bits per heavy atom. The molecule has 17 heavy (non-hydrogen) atoms. The largest absolute Gasteiger partial charge is 0.320 e. The summed E-state index contributed by atoms with van der Waals surface area (Å²) in [5.74, 6) is 0.934. The summed E-state index contributed by atoms with van der Waals surface area (Å²) in [4.78, 5) is 0. The van der Waals surface area contributed by atoms with Crippen LogP contribution in [0.4, 0.5) is 0 Å². The normalized spacial score (nSPS) is 12.6. The predicted molar refractivity (Wildman–Crippen MR) is 70.4 cm³/mol. The third kappa shape index (κ3) is 2.92. The van der Waals surface area contributed by atoms with Crippen LogP contribution in [0.15, 0.2) is 35.1 Å². The number of halogens is 1. The van der Waals surface area contributed by atoms with Crippen molar-refractivity contribution in [2.75, 3.05) is 0 Å². The maximum atomic E-state index is 4.04. The zero-order chi connectivity index (χ0) is 12.3. The van der Waals surface area contributed by atoms with E-state index in [2.05, 4.69) is 50.5 Å². The van der Waals surface area contributed by atoms with Crippen LogP contribution >= 0.6 is 15.9 Å². The summed E-state index contributed by atoms with van der Waals surface area (Å²) in [5, 5.41) is 11.3. The van der Waals surface area contributed by atoms with Gasteiger partial charge in [0, 0.05) is 17.6 Å². The van der Waals surface area contributed by atoms with Gasteiger partial charge in [0.1, 0.15) is 12.2 Å². The minimum Gasteiger partial charge on any atom is -0.320 e. The summed E-state index contributed by atoms with van der Waals surface area (Å²) in [6.45, 7) is 2.84. The van der Waals surface area contributed by atoms with Gasteiger partial charge in [-0.3, -0.25) is 0 Å². The van der Waals surface area contributed by atoms with E-state index in [0.29, 0.717) is 6.54 Å². The molecule has 1 heterocycles. The maximum Gasteiger partial charge on any atom is 0.146 e. The molecule has 1 aromatic carbocycles. The molecule has 1 N–H and O–H groups in total. The third-order valence-electron chi connectivity index (χ3n) is 2.74. The predicted octanol–water partition coefficient (Wildman–Crippen LogP) is 2.43. The van der Waals surface area contributed by atoms with E-state index in [1.807, 2.05) is 23.7 Å². The minimum absolute atomic E-state index is 0.266. The molecule has 1 aromatic heterocycles.